The maximum Gasteiger partial charge on any atom is 0.393 e. The van der Waals surface area contributed by atoms with E-state index in [2.05, 4.69) is 25.6 Å². The minimum Gasteiger partial charge on any atom is -0.493 e. The van der Waals surface area contributed by atoms with Crippen molar-refractivity contribution in [3.05, 3.63) is 54.0 Å². The summed E-state index contributed by atoms with van der Waals surface area (Å²) in [5.74, 6) is 0.392. The van der Waals surface area contributed by atoms with E-state index >= 15 is 0 Å². The zero-order chi connectivity index (χ0) is 22.2. The minimum absolute atomic E-state index is 0.0587. The summed E-state index contributed by atoms with van der Waals surface area (Å²) >= 11 is 0. The van der Waals surface area contributed by atoms with Crippen LogP contribution in [0.15, 0.2) is 42.9 Å². The molecule has 4 aromatic rings. The fourth-order valence-corrected chi connectivity index (χ4v) is 3.50. The number of rotatable bonds is 6. The Kier molecular flexibility index (Phi) is 5.40. The van der Waals surface area contributed by atoms with Crippen LogP contribution < -0.4 is 10.1 Å². The molecule has 0 aliphatic carbocycles. The topological polar surface area (TPSA) is 80.1 Å². The van der Waals surface area contributed by atoms with E-state index in [9.17, 15) is 13.2 Å². The molecular weight excluding hydrogens is 409 g/mol. The molecule has 1 aromatic carbocycles. The molecule has 0 aliphatic rings. The predicted molar refractivity (Wildman–Crippen MR) is 110 cm³/mol. The van der Waals surface area contributed by atoms with Gasteiger partial charge in [-0.05, 0) is 31.2 Å². The fraction of sp³-hybridized carbons (Fsp3) is 0.286. The van der Waals surface area contributed by atoms with Crippen molar-refractivity contribution in [2.24, 2.45) is 0 Å². The Morgan fingerprint density at radius 3 is 2.58 bits per heavy atom. The molecule has 0 radical (unpaired) electrons. The Balaban J connectivity index is 1.84. The first kappa shape index (κ1) is 20.9. The predicted octanol–water partition coefficient (Wildman–Crippen LogP) is 4.18. The molecule has 31 heavy (non-hydrogen) atoms. The van der Waals surface area contributed by atoms with E-state index in [1.54, 1.807) is 24.4 Å². The standard InChI is InChI=1S/C21H21F3N6O/c1-12(25-2)13-4-6-14(7-5-13)18-16(9-21(22,23)24)19(29-28-18)15-8-17(31-3)20-26-11-27-30(20)10-15/h4-8,10-12,25H,9H2,1-3H3,(H,28,29)/t12-/m0/s1. The van der Waals surface area contributed by atoms with Crippen molar-refractivity contribution >= 4 is 5.65 Å². The van der Waals surface area contributed by atoms with Crippen molar-refractivity contribution in [2.45, 2.75) is 25.6 Å². The van der Waals surface area contributed by atoms with E-state index in [-0.39, 0.29) is 17.3 Å². The van der Waals surface area contributed by atoms with Gasteiger partial charge in [-0.2, -0.15) is 23.4 Å². The van der Waals surface area contributed by atoms with E-state index in [1.165, 1.54) is 18.0 Å². The minimum atomic E-state index is -4.41. The van der Waals surface area contributed by atoms with Crippen molar-refractivity contribution in [3.8, 4) is 28.3 Å². The summed E-state index contributed by atoms with van der Waals surface area (Å²) in [6.07, 6.45) is -2.60. The first-order valence-electron chi connectivity index (χ1n) is 9.60. The number of nitrogens with one attached hydrogen (secondary N) is 2. The Labute approximate surface area is 176 Å². The average Bonchev–Trinajstić information content (AvgIpc) is 3.38. The number of benzene rings is 1. The highest BCUT2D eigenvalue weighted by atomic mass is 19.4. The molecule has 1 atom stereocenters. The molecular formula is C21H21F3N6O. The third kappa shape index (κ3) is 4.11. The van der Waals surface area contributed by atoms with Gasteiger partial charge in [-0.3, -0.25) is 5.10 Å². The summed E-state index contributed by atoms with van der Waals surface area (Å²) < 4.78 is 47.2. The molecule has 0 aliphatic heterocycles. The van der Waals surface area contributed by atoms with Crippen LogP contribution >= 0.6 is 0 Å². The van der Waals surface area contributed by atoms with Crippen LogP contribution in [0.4, 0.5) is 13.2 Å². The summed E-state index contributed by atoms with van der Waals surface area (Å²) in [5, 5.41) is 14.2. The lowest BCUT2D eigenvalue weighted by Gasteiger charge is -2.13. The fourth-order valence-electron chi connectivity index (χ4n) is 3.50. The Bertz CT molecular complexity index is 1200. The molecule has 0 bridgehead atoms. The molecule has 0 spiro atoms. The van der Waals surface area contributed by atoms with Crippen LogP contribution in [0.5, 0.6) is 5.75 Å². The molecule has 0 saturated heterocycles. The molecule has 7 nitrogen and oxygen atoms in total. The van der Waals surface area contributed by atoms with Crippen LogP contribution in [0, 0.1) is 0 Å². The average molecular weight is 430 g/mol. The second-order valence-electron chi connectivity index (χ2n) is 7.18. The van der Waals surface area contributed by atoms with Crippen molar-refractivity contribution in [2.75, 3.05) is 14.2 Å². The first-order valence-corrected chi connectivity index (χ1v) is 9.60. The van der Waals surface area contributed by atoms with Crippen LogP contribution in [0.1, 0.15) is 24.1 Å². The van der Waals surface area contributed by atoms with Gasteiger partial charge in [-0.15, -0.1) is 0 Å². The molecule has 3 heterocycles. The highest BCUT2D eigenvalue weighted by Gasteiger charge is 2.32. The van der Waals surface area contributed by atoms with Crippen LogP contribution in [0.2, 0.25) is 0 Å². The number of alkyl halides is 3. The van der Waals surface area contributed by atoms with Crippen molar-refractivity contribution in [1.82, 2.24) is 30.1 Å². The van der Waals surface area contributed by atoms with Gasteiger partial charge in [0.1, 0.15) is 6.33 Å². The number of methoxy groups -OCH3 is 1. The summed E-state index contributed by atoms with van der Waals surface area (Å²) in [6, 6.07) is 9.10. The maximum absolute atomic E-state index is 13.5. The maximum atomic E-state index is 13.5. The molecule has 0 amide bonds. The highest BCUT2D eigenvalue weighted by Crippen LogP contribution is 2.36. The summed E-state index contributed by atoms with van der Waals surface area (Å²) in [5.41, 5.74) is 3.14. The summed E-state index contributed by atoms with van der Waals surface area (Å²) in [4.78, 5) is 4.10. The van der Waals surface area contributed by atoms with Gasteiger partial charge in [-0.25, -0.2) is 9.50 Å². The van der Waals surface area contributed by atoms with Crippen LogP contribution in [0.3, 0.4) is 0 Å². The SMILES string of the molecule is CN[C@@H](C)c1ccc(-c2[nH]nc(-c3cc(OC)c4ncnn4c3)c2CC(F)(F)F)cc1. The summed E-state index contributed by atoms with van der Waals surface area (Å²) in [7, 11) is 3.31. The lowest BCUT2D eigenvalue weighted by atomic mass is 9.98. The van der Waals surface area contributed by atoms with Crippen LogP contribution in [-0.4, -0.2) is 45.1 Å². The van der Waals surface area contributed by atoms with E-state index < -0.39 is 12.6 Å². The molecule has 162 valence electrons. The van der Waals surface area contributed by atoms with Crippen molar-refractivity contribution in [1.29, 1.82) is 0 Å². The number of aromatic nitrogens is 5. The van der Waals surface area contributed by atoms with E-state index in [0.717, 1.165) is 5.56 Å². The van der Waals surface area contributed by atoms with Crippen LogP contribution in [-0.2, 0) is 6.42 Å². The van der Waals surface area contributed by atoms with Gasteiger partial charge in [-0.1, -0.05) is 24.3 Å². The Hall–Kier alpha value is -3.40. The lowest BCUT2D eigenvalue weighted by molar-refractivity contribution is -0.127. The Morgan fingerprint density at radius 1 is 1.19 bits per heavy atom. The van der Waals surface area contributed by atoms with E-state index in [4.69, 9.17) is 4.74 Å². The number of hydrogen-bond donors (Lipinski definition) is 2. The molecule has 10 heteroatoms. The van der Waals surface area contributed by atoms with E-state index in [0.29, 0.717) is 28.2 Å². The highest BCUT2D eigenvalue weighted by molar-refractivity contribution is 5.76. The zero-order valence-electron chi connectivity index (χ0n) is 17.2. The van der Waals surface area contributed by atoms with Crippen molar-refractivity contribution < 1.29 is 17.9 Å². The second kappa shape index (κ2) is 8.03. The normalized spacial score (nSPS) is 13.0. The third-order valence-electron chi connectivity index (χ3n) is 5.21. The quantitative estimate of drug-likeness (QED) is 0.480. The number of nitrogens with zero attached hydrogens (tertiary/aromatic N) is 4. The van der Waals surface area contributed by atoms with E-state index in [1.807, 2.05) is 26.1 Å². The van der Waals surface area contributed by atoms with Crippen molar-refractivity contribution in [3.63, 3.8) is 0 Å². The molecule has 2 N–H and O–H groups in total. The van der Waals surface area contributed by atoms with Gasteiger partial charge in [0.2, 0.25) is 0 Å². The number of halogens is 3. The van der Waals surface area contributed by atoms with Gasteiger partial charge < -0.3 is 10.1 Å². The van der Waals surface area contributed by atoms with Gasteiger partial charge in [0.25, 0.3) is 0 Å². The number of pyridine rings is 1. The van der Waals surface area contributed by atoms with Gasteiger partial charge in [0, 0.05) is 23.4 Å². The molecule has 0 fully saturated rings. The summed E-state index contributed by atoms with van der Waals surface area (Å²) in [6.45, 7) is 2.01. The van der Waals surface area contributed by atoms with Gasteiger partial charge >= 0.3 is 6.18 Å². The number of fused-ring (bicyclic) bond motifs is 1. The smallest absolute Gasteiger partial charge is 0.393 e. The zero-order valence-corrected chi connectivity index (χ0v) is 17.2. The molecule has 3 aromatic heterocycles. The lowest BCUT2D eigenvalue weighted by Crippen LogP contribution is -2.13. The number of ether oxygens (including phenoxy) is 1. The van der Waals surface area contributed by atoms with Crippen LogP contribution in [0.25, 0.3) is 28.2 Å². The largest absolute Gasteiger partial charge is 0.493 e. The third-order valence-corrected chi connectivity index (χ3v) is 5.21. The number of hydrogen-bond acceptors (Lipinski definition) is 5. The first-order chi connectivity index (χ1) is 14.8. The molecule has 4 rings (SSSR count). The second-order valence-corrected chi connectivity index (χ2v) is 7.18. The molecule has 0 unspecified atom stereocenters. The van der Waals surface area contributed by atoms with Gasteiger partial charge in [0.05, 0.1) is 24.9 Å². The Morgan fingerprint density at radius 2 is 1.94 bits per heavy atom. The molecule has 0 saturated carbocycles. The number of aromatic amines is 1. The monoisotopic (exact) mass is 430 g/mol. The van der Waals surface area contributed by atoms with Gasteiger partial charge in [0.15, 0.2) is 11.4 Å². The number of H-pyrrole nitrogens is 1.